The molecule has 48 heavy (non-hydrogen) atoms. The number of hydrogen-bond acceptors (Lipinski definition) is 3. The molecule has 3 amide bonds. The van der Waals surface area contributed by atoms with Gasteiger partial charge in [-0.1, -0.05) is 91.8 Å². The molecule has 0 spiro atoms. The van der Waals surface area contributed by atoms with Crippen LogP contribution in [0.1, 0.15) is 164 Å². The van der Waals surface area contributed by atoms with E-state index in [1.807, 2.05) is 101 Å². The van der Waals surface area contributed by atoms with E-state index in [1.54, 1.807) is 0 Å². The van der Waals surface area contributed by atoms with Crippen LogP contribution in [0.3, 0.4) is 0 Å². The van der Waals surface area contributed by atoms with E-state index in [4.69, 9.17) is 0 Å². The third-order valence-electron chi connectivity index (χ3n) is 7.12. The van der Waals surface area contributed by atoms with Crippen molar-refractivity contribution in [2.75, 3.05) is 0 Å². The predicted octanol–water partition coefficient (Wildman–Crippen LogP) is 10.6. The Kier molecular flexibility index (Phi) is 23.3. The van der Waals surface area contributed by atoms with Gasteiger partial charge in [-0.05, 0) is 126 Å². The molecule has 282 valence electrons. The SMILES string of the molecule is C/C=C/CC(C(=O)NC(C)(C)C)C(C)(C)C.C/C=C/CC(C(=O)NC(C)(C)C)C(C)C.C/C=C/CC(CC(C)(C)C)C(=O)NC(C)(C)C. The number of carbonyl (C=O) groups is 3. The molecule has 6 nitrogen and oxygen atoms in total. The summed E-state index contributed by atoms with van der Waals surface area (Å²) in [5.41, 5.74) is -0.268. The minimum absolute atomic E-state index is 0.00512. The summed E-state index contributed by atoms with van der Waals surface area (Å²) in [5, 5.41) is 9.18. The zero-order valence-electron chi connectivity index (χ0n) is 35.3. The maximum absolute atomic E-state index is 12.2. The van der Waals surface area contributed by atoms with E-state index in [0.717, 1.165) is 25.7 Å². The van der Waals surface area contributed by atoms with Gasteiger partial charge in [-0.15, -0.1) is 0 Å². The van der Waals surface area contributed by atoms with Gasteiger partial charge >= 0.3 is 0 Å². The van der Waals surface area contributed by atoms with Crippen LogP contribution in [0.4, 0.5) is 0 Å². The Morgan fingerprint density at radius 2 is 0.875 bits per heavy atom. The molecule has 6 heteroatoms. The summed E-state index contributed by atoms with van der Waals surface area (Å²) in [6.07, 6.45) is 15.6. The third-order valence-corrected chi connectivity index (χ3v) is 7.12. The van der Waals surface area contributed by atoms with Crippen LogP contribution in [0, 0.1) is 34.5 Å². The summed E-state index contributed by atoms with van der Waals surface area (Å²) in [7, 11) is 0. The van der Waals surface area contributed by atoms with Crippen molar-refractivity contribution in [3.8, 4) is 0 Å². The molecule has 0 rings (SSSR count). The first-order valence-corrected chi connectivity index (χ1v) is 18.2. The van der Waals surface area contributed by atoms with Gasteiger partial charge in [0.05, 0.1) is 0 Å². The molecule has 0 aliphatic carbocycles. The monoisotopic (exact) mass is 676 g/mol. The maximum Gasteiger partial charge on any atom is 0.224 e. The van der Waals surface area contributed by atoms with Crippen molar-refractivity contribution in [1.29, 1.82) is 0 Å². The van der Waals surface area contributed by atoms with Gasteiger partial charge in [-0.2, -0.15) is 0 Å². The lowest BCUT2D eigenvalue weighted by Crippen LogP contribution is -2.46. The van der Waals surface area contributed by atoms with Crippen LogP contribution in [0.15, 0.2) is 36.5 Å². The van der Waals surface area contributed by atoms with Crippen molar-refractivity contribution in [3.63, 3.8) is 0 Å². The van der Waals surface area contributed by atoms with Crippen LogP contribution in [0.5, 0.6) is 0 Å². The zero-order valence-corrected chi connectivity index (χ0v) is 35.3. The topological polar surface area (TPSA) is 87.3 Å². The molecule has 0 aromatic carbocycles. The van der Waals surface area contributed by atoms with E-state index >= 15 is 0 Å². The molecule has 0 aliphatic heterocycles. The molecule has 3 N–H and O–H groups in total. The lowest BCUT2D eigenvalue weighted by atomic mass is 9.77. The number of rotatable bonds is 11. The number of amides is 3. The van der Waals surface area contributed by atoms with Crippen LogP contribution in [0.25, 0.3) is 0 Å². The first-order valence-electron chi connectivity index (χ1n) is 18.2. The van der Waals surface area contributed by atoms with Gasteiger partial charge in [0.15, 0.2) is 0 Å². The van der Waals surface area contributed by atoms with E-state index in [0.29, 0.717) is 5.92 Å². The Hall–Kier alpha value is -2.37. The van der Waals surface area contributed by atoms with Crippen LogP contribution >= 0.6 is 0 Å². The fourth-order valence-corrected chi connectivity index (χ4v) is 4.80. The number of carbonyl (C=O) groups excluding carboxylic acids is 3. The van der Waals surface area contributed by atoms with Crippen molar-refractivity contribution >= 4 is 17.7 Å². The second-order valence-corrected chi connectivity index (χ2v) is 18.9. The van der Waals surface area contributed by atoms with Crippen molar-refractivity contribution < 1.29 is 14.4 Å². The standard InChI is InChI=1S/C15H29NO.C14H27NO.C13H25NO/c1-8-9-10-12(11-14(2,3)4)13(17)16-15(5,6)7;1-8-9-10-11(13(2,3)4)12(16)15-14(5,6)7;1-7-8-9-11(10(2)3)12(15)14-13(4,5)6/h8-9,12H,10-11H2,1-7H3,(H,16,17);8-9,11H,10H2,1-7H3,(H,15,16);7-8,10-11H,9H2,1-6H3,(H,14,15)/b2*9-8+;8-7+. The molecule has 0 heterocycles. The van der Waals surface area contributed by atoms with Crippen LogP contribution in [0.2, 0.25) is 0 Å². The zero-order chi connectivity index (χ0) is 38.7. The van der Waals surface area contributed by atoms with Crippen molar-refractivity contribution in [1.82, 2.24) is 16.0 Å². The Balaban J connectivity index is -0.000000634. The third kappa shape index (κ3) is 29.7. The van der Waals surface area contributed by atoms with E-state index < -0.39 is 0 Å². The van der Waals surface area contributed by atoms with E-state index in [9.17, 15) is 14.4 Å². The fraction of sp³-hybridized carbons (Fsp3) is 0.786. The molecule has 0 fully saturated rings. The van der Waals surface area contributed by atoms with Gasteiger partial charge in [0.25, 0.3) is 0 Å². The van der Waals surface area contributed by atoms with E-state index in [-0.39, 0.29) is 62.9 Å². The minimum atomic E-state index is -0.156. The van der Waals surface area contributed by atoms with Crippen molar-refractivity contribution in [3.05, 3.63) is 36.5 Å². The highest BCUT2D eigenvalue weighted by Gasteiger charge is 2.32. The highest BCUT2D eigenvalue weighted by molar-refractivity contribution is 5.80. The lowest BCUT2D eigenvalue weighted by Gasteiger charge is -2.32. The van der Waals surface area contributed by atoms with Gasteiger partial charge in [-0.25, -0.2) is 0 Å². The Morgan fingerprint density at radius 3 is 1.21 bits per heavy atom. The first-order chi connectivity index (χ1) is 21.4. The fourth-order valence-electron chi connectivity index (χ4n) is 4.80. The second-order valence-electron chi connectivity index (χ2n) is 18.9. The average Bonchev–Trinajstić information content (AvgIpc) is 2.83. The molecule has 0 aliphatic rings. The van der Waals surface area contributed by atoms with Crippen LogP contribution in [-0.4, -0.2) is 34.3 Å². The molecular formula is C42H81N3O3. The molecule has 3 unspecified atom stereocenters. The van der Waals surface area contributed by atoms with Crippen molar-refractivity contribution in [2.45, 2.75) is 181 Å². The van der Waals surface area contributed by atoms with Crippen LogP contribution < -0.4 is 16.0 Å². The van der Waals surface area contributed by atoms with Gasteiger partial charge in [-0.3, -0.25) is 14.4 Å². The normalized spacial score (nSPS) is 14.9. The Morgan fingerprint density at radius 1 is 0.521 bits per heavy atom. The second kappa shape index (κ2) is 22.4. The van der Waals surface area contributed by atoms with Crippen LogP contribution in [-0.2, 0) is 14.4 Å². The van der Waals surface area contributed by atoms with Crippen molar-refractivity contribution in [2.24, 2.45) is 34.5 Å². The number of allylic oxidation sites excluding steroid dienone is 6. The Labute approximate surface area is 299 Å². The summed E-state index contributed by atoms with van der Waals surface area (Å²) in [5.74, 6) is 1.05. The van der Waals surface area contributed by atoms with Gasteiger partial charge in [0.2, 0.25) is 17.7 Å². The van der Waals surface area contributed by atoms with Gasteiger partial charge < -0.3 is 16.0 Å². The number of hydrogen-bond donors (Lipinski definition) is 3. The lowest BCUT2D eigenvalue weighted by molar-refractivity contribution is -0.130. The summed E-state index contributed by atoms with van der Waals surface area (Å²) in [6.45, 7) is 41.2. The van der Waals surface area contributed by atoms with Gasteiger partial charge in [0, 0.05) is 34.4 Å². The summed E-state index contributed by atoms with van der Waals surface area (Å²) in [6, 6.07) is 0. The first kappa shape index (κ1) is 50.0. The maximum atomic E-state index is 12.2. The highest BCUT2D eigenvalue weighted by Crippen LogP contribution is 2.30. The molecule has 0 radical (unpaired) electrons. The summed E-state index contributed by atoms with van der Waals surface area (Å²) < 4.78 is 0. The Bertz CT molecular complexity index is 1000. The molecule has 3 atom stereocenters. The van der Waals surface area contributed by atoms with Gasteiger partial charge in [0.1, 0.15) is 0 Å². The molecular weight excluding hydrogens is 594 g/mol. The molecule has 0 saturated carbocycles. The highest BCUT2D eigenvalue weighted by atomic mass is 16.2. The molecule has 0 aromatic rings. The molecule has 0 bridgehead atoms. The van der Waals surface area contributed by atoms with E-state index in [2.05, 4.69) is 89.6 Å². The largest absolute Gasteiger partial charge is 0.351 e. The molecule has 0 saturated heterocycles. The minimum Gasteiger partial charge on any atom is -0.351 e. The van der Waals surface area contributed by atoms with E-state index in [1.165, 1.54) is 0 Å². The quantitative estimate of drug-likeness (QED) is 0.190. The predicted molar refractivity (Wildman–Crippen MR) is 211 cm³/mol. The smallest absolute Gasteiger partial charge is 0.224 e. The average molecular weight is 676 g/mol. The summed E-state index contributed by atoms with van der Waals surface area (Å²) >= 11 is 0. The summed E-state index contributed by atoms with van der Waals surface area (Å²) in [4.78, 5) is 36.3. The number of nitrogens with one attached hydrogen (secondary N) is 3. The molecule has 0 aromatic heterocycles.